The third-order valence-electron chi connectivity index (χ3n) is 3.65. The minimum atomic E-state index is 0. The van der Waals surface area contributed by atoms with E-state index in [2.05, 4.69) is 31.0 Å². The van der Waals surface area contributed by atoms with Crippen LogP contribution in [0.1, 0.15) is 32.4 Å². The minimum absolute atomic E-state index is 0. The number of halogens is 3. The van der Waals surface area contributed by atoms with Crippen LogP contribution in [0.3, 0.4) is 0 Å². The van der Waals surface area contributed by atoms with Crippen molar-refractivity contribution in [3.8, 4) is 5.75 Å². The van der Waals surface area contributed by atoms with E-state index in [1.807, 2.05) is 12.1 Å². The van der Waals surface area contributed by atoms with Crippen LogP contribution < -0.4 is 5.32 Å². The van der Waals surface area contributed by atoms with E-state index >= 15 is 0 Å². The molecule has 1 aliphatic rings. The molecule has 0 amide bonds. The topological polar surface area (TPSA) is 35.5 Å². The molecule has 0 spiro atoms. The van der Waals surface area contributed by atoms with Crippen molar-refractivity contribution in [3.63, 3.8) is 0 Å². The van der Waals surface area contributed by atoms with E-state index in [0.717, 1.165) is 31.7 Å². The van der Waals surface area contributed by atoms with Gasteiger partial charge in [-0.2, -0.15) is 0 Å². The smallest absolute Gasteiger partial charge is 0.138 e. The molecule has 0 saturated carbocycles. The molecular formula is C15H25Cl3N2O. The maximum absolute atomic E-state index is 10.3. The van der Waals surface area contributed by atoms with Crippen LogP contribution >= 0.6 is 36.4 Å². The highest BCUT2D eigenvalue weighted by molar-refractivity contribution is 6.32. The third kappa shape index (κ3) is 4.90. The molecule has 21 heavy (non-hydrogen) atoms. The zero-order valence-electron chi connectivity index (χ0n) is 12.7. The molecule has 2 N–H and O–H groups in total. The molecule has 2 rings (SSSR count). The summed E-state index contributed by atoms with van der Waals surface area (Å²) in [4.78, 5) is 2.43. The maximum atomic E-state index is 10.3. The summed E-state index contributed by atoms with van der Waals surface area (Å²) in [5.41, 5.74) is 0.973. The van der Waals surface area contributed by atoms with E-state index in [1.54, 1.807) is 6.07 Å². The molecular weight excluding hydrogens is 331 g/mol. The van der Waals surface area contributed by atoms with Crippen molar-refractivity contribution in [1.29, 1.82) is 0 Å². The van der Waals surface area contributed by atoms with Crippen LogP contribution in [0, 0.1) is 5.41 Å². The lowest BCUT2D eigenvalue weighted by Gasteiger charge is -2.42. The molecule has 1 aromatic carbocycles. The first-order valence-corrected chi connectivity index (χ1v) is 7.21. The molecule has 1 aromatic rings. The Kier molecular flexibility index (Phi) is 8.37. The van der Waals surface area contributed by atoms with Gasteiger partial charge < -0.3 is 10.4 Å². The quantitative estimate of drug-likeness (QED) is 0.845. The molecule has 0 aromatic heterocycles. The molecule has 6 heteroatoms. The molecule has 3 nitrogen and oxygen atoms in total. The van der Waals surface area contributed by atoms with Crippen molar-refractivity contribution in [2.45, 2.75) is 26.8 Å². The average molecular weight is 356 g/mol. The molecule has 0 aliphatic carbocycles. The number of nitrogens with zero attached hydrogens (tertiary/aromatic N) is 1. The fourth-order valence-electron chi connectivity index (χ4n) is 2.90. The first-order chi connectivity index (χ1) is 8.91. The van der Waals surface area contributed by atoms with Gasteiger partial charge in [-0.25, -0.2) is 0 Å². The summed E-state index contributed by atoms with van der Waals surface area (Å²) in [6.45, 7) is 10.6. The predicted octanol–water partition coefficient (Wildman–Crippen LogP) is 3.88. The van der Waals surface area contributed by atoms with Crippen molar-refractivity contribution in [3.05, 3.63) is 28.8 Å². The zero-order chi connectivity index (χ0) is 14.0. The summed E-state index contributed by atoms with van der Waals surface area (Å²) in [6, 6.07) is 5.81. The highest BCUT2D eigenvalue weighted by Gasteiger charge is 2.34. The van der Waals surface area contributed by atoms with Crippen LogP contribution in [0.5, 0.6) is 5.75 Å². The summed E-state index contributed by atoms with van der Waals surface area (Å²) < 4.78 is 0. The Labute approximate surface area is 144 Å². The number of rotatable bonds is 2. The Bertz CT molecular complexity index is 443. The summed E-state index contributed by atoms with van der Waals surface area (Å²) in [5.74, 6) is 0.225. The first-order valence-electron chi connectivity index (χ1n) is 6.83. The van der Waals surface area contributed by atoms with Crippen molar-refractivity contribution in [2.24, 2.45) is 5.41 Å². The number of hydrogen-bond acceptors (Lipinski definition) is 3. The number of hydrogen-bond donors (Lipinski definition) is 2. The minimum Gasteiger partial charge on any atom is -0.506 e. The van der Waals surface area contributed by atoms with Crippen molar-refractivity contribution < 1.29 is 5.11 Å². The van der Waals surface area contributed by atoms with E-state index in [9.17, 15) is 5.11 Å². The molecule has 0 unspecified atom stereocenters. The lowest BCUT2D eigenvalue weighted by Crippen LogP contribution is -2.48. The number of piperazine rings is 1. The molecule has 1 aliphatic heterocycles. The highest BCUT2D eigenvalue weighted by atomic mass is 35.5. The third-order valence-corrected chi connectivity index (χ3v) is 3.95. The SMILES string of the molecule is CC(C)(C)[C@@H](c1cccc(Cl)c1O)N1CCNCC1.Cl.Cl. The summed E-state index contributed by atoms with van der Waals surface area (Å²) >= 11 is 6.07. The molecule has 1 heterocycles. The standard InChI is InChI=1S/C15H23ClN2O.2ClH/c1-15(2,3)14(18-9-7-17-8-10-18)11-5-4-6-12(16)13(11)19;;/h4-6,14,17,19H,7-10H2,1-3H3;2*1H/t14-;;/m1../s1. The van der Waals surface area contributed by atoms with Gasteiger partial charge in [-0.3, -0.25) is 4.90 Å². The second kappa shape index (κ2) is 8.44. The van der Waals surface area contributed by atoms with Gasteiger partial charge in [-0.05, 0) is 11.5 Å². The molecule has 1 atom stereocenters. The summed E-state index contributed by atoms with van der Waals surface area (Å²) in [5, 5.41) is 14.1. The average Bonchev–Trinajstić information content (AvgIpc) is 2.35. The molecule has 1 fully saturated rings. The van der Waals surface area contributed by atoms with E-state index in [-0.39, 0.29) is 42.0 Å². The number of nitrogens with one attached hydrogen (secondary N) is 1. The van der Waals surface area contributed by atoms with E-state index in [0.29, 0.717) is 5.02 Å². The van der Waals surface area contributed by atoms with E-state index < -0.39 is 0 Å². The molecule has 0 bridgehead atoms. The lowest BCUT2D eigenvalue weighted by molar-refractivity contribution is 0.0842. The van der Waals surface area contributed by atoms with Crippen LogP contribution in [0.2, 0.25) is 5.02 Å². The van der Waals surface area contributed by atoms with Gasteiger partial charge in [0.2, 0.25) is 0 Å². The molecule has 0 radical (unpaired) electrons. The fraction of sp³-hybridized carbons (Fsp3) is 0.600. The second-order valence-electron chi connectivity index (χ2n) is 6.23. The lowest BCUT2D eigenvalue weighted by atomic mass is 9.80. The largest absolute Gasteiger partial charge is 0.506 e. The predicted molar refractivity (Wildman–Crippen MR) is 94.3 cm³/mol. The van der Waals surface area contributed by atoms with Gasteiger partial charge in [0.15, 0.2) is 0 Å². The number of phenolic OH excluding ortho intramolecular Hbond substituents is 1. The van der Waals surface area contributed by atoms with Crippen molar-refractivity contribution in [1.82, 2.24) is 10.2 Å². The van der Waals surface area contributed by atoms with Crippen LogP contribution in [0.4, 0.5) is 0 Å². The van der Waals surface area contributed by atoms with Crippen LogP contribution in [0.25, 0.3) is 0 Å². The first kappa shape index (κ1) is 20.8. The van der Waals surface area contributed by atoms with E-state index in [1.165, 1.54) is 0 Å². The maximum Gasteiger partial charge on any atom is 0.138 e. The van der Waals surface area contributed by atoms with Gasteiger partial charge in [-0.15, -0.1) is 24.8 Å². The van der Waals surface area contributed by atoms with E-state index in [4.69, 9.17) is 11.6 Å². The van der Waals surface area contributed by atoms with Gasteiger partial charge in [0.05, 0.1) is 5.02 Å². The Balaban J connectivity index is 0.00000200. The van der Waals surface area contributed by atoms with Gasteiger partial charge in [0, 0.05) is 37.8 Å². The van der Waals surface area contributed by atoms with Gasteiger partial charge in [-0.1, -0.05) is 44.5 Å². The summed E-state index contributed by atoms with van der Waals surface area (Å²) in [7, 11) is 0. The highest BCUT2D eigenvalue weighted by Crippen LogP contribution is 2.43. The Morgan fingerprint density at radius 3 is 2.29 bits per heavy atom. The van der Waals surface area contributed by atoms with Gasteiger partial charge in [0.25, 0.3) is 0 Å². The normalized spacial score (nSPS) is 17.5. The van der Waals surface area contributed by atoms with Gasteiger partial charge >= 0.3 is 0 Å². The Morgan fingerprint density at radius 1 is 1.19 bits per heavy atom. The number of benzene rings is 1. The van der Waals surface area contributed by atoms with Crippen molar-refractivity contribution in [2.75, 3.05) is 26.2 Å². The molecule has 1 saturated heterocycles. The van der Waals surface area contributed by atoms with Crippen LogP contribution in [0.15, 0.2) is 18.2 Å². The second-order valence-corrected chi connectivity index (χ2v) is 6.64. The molecule has 122 valence electrons. The zero-order valence-corrected chi connectivity index (χ0v) is 15.1. The van der Waals surface area contributed by atoms with Crippen LogP contribution in [-0.2, 0) is 0 Å². The van der Waals surface area contributed by atoms with Crippen LogP contribution in [-0.4, -0.2) is 36.2 Å². The summed E-state index contributed by atoms with van der Waals surface area (Å²) in [6.07, 6.45) is 0. The Hall–Kier alpha value is -0.190. The fourth-order valence-corrected chi connectivity index (χ4v) is 3.09. The number of aromatic hydroxyl groups is 1. The van der Waals surface area contributed by atoms with Gasteiger partial charge in [0.1, 0.15) is 5.75 Å². The monoisotopic (exact) mass is 354 g/mol. The van der Waals surface area contributed by atoms with Crippen molar-refractivity contribution >= 4 is 36.4 Å². The number of phenols is 1. The number of para-hydroxylation sites is 1. The Morgan fingerprint density at radius 2 is 1.76 bits per heavy atom.